The van der Waals surface area contributed by atoms with Crippen molar-refractivity contribution in [3.8, 4) is 17.6 Å². The van der Waals surface area contributed by atoms with Crippen molar-refractivity contribution in [2.45, 2.75) is 26.8 Å². The third-order valence-electron chi connectivity index (χ3n) is 3.24. The molecule has 0 saturated heterocycles. The van der Waals surface area contributed by atoms with Crippen LogP contribution in [0.5, 0.6) is 11.5 Å². The molecule has 0 amide bonds. The van der Waals surface area contributed by atoms with E-state index >= 15 is 0 Å². The highest BCUT2D eigenvalue weighted by molar-refractivity contribution is 5.49. The maximum atomic E-state index is 8.91. The molecule has 0 aliphatic carbocycles. The van der Waals surface area contributed by atoms with Gasteiger partial charge in [0.1, 0.15) is 11.5 Å². The molecule has 0 radical (unpaired) electrons. The summed E-state index contributed by atoms with van der Waals surface area (Å²) in [5.74, 6) is 1.73. The summed E-state index contributed by atoms with van der Waals surface area (Å²) in [6, 6.07) is 6.21. The highest BCUT2D eigenvalue weighted by Crippen LogP contribution is 2.31. The van der Waals surface area contributed by atoms with Gasteiger partial charge >= 0.3 is 0 Å². The minimum Gasteiger partial charge on any atom is -0.496 e. The Morgan fingerprint density at radius 1 is 1.32 bits per heavy atom. The van der Waals surface area contributed by atoms with Crippen molar-refractivity contribution < 1.29 is 9.47 Å². The van der Waals surface area contributed by atoms with E-state index in [4.69, 9.17) is 14.7 Å². The van der Waals surface area contributed by atoms with Crippen LogP contribution in [0.25, 0.3) is 0 Å². The van der Waals surface area contributed by atoms with Crippen molar-refractivity contribution in [3.63, 3.8) is 0 Å². The van der Waals surface area contributed by atoms with E-state index in [1.165, 1.54) is 0 Å². The number of ether oxygens (including phenoxy) is 2. The second kappa shape index (κ2) is 7.65. The molecule has 1 rings (SSSR count). The van der Waals surface area contributed by atoms with Crippen LogP contribution in [0.3, 0.4) is 0 Å². The van der Waals surface area contributed by atoms with Gasteiger partial charge in [-0.2, -0.15) is 5.26 Å². The summed E-state index contributed by atoms with van der Waals surface area (Å²) in [5, 5.41) is 12.2. The van der Waals surface area contributed by atoms with Crippen molar-refractivity contribution in [3.05, 3.63) is 23.3 Å². The van der Waals surface area contributed by atoms with Gasteiger partial charge in [0.05, 0.1) is 26.2 Å². The minimum absolute atomic E-state index is 0.0605. The molecule has 1 unspecified atom stereocenters. The molecule has 0 saturated carbocycles. The largest absolute Gasteiger partial charge is 0.496 e. The summed E-state index contributed by atoms with van der Waals surface area (Å²) >= 11 is 0. The quantitative estimate of drug-likeness (QED) is 0.820. The molecule has 19 heavy (non-hydrogen) atoms. The Bertz CT molecular complexity index is 452. The Kier molecular flexibility index (Phi) is 6.17. The van der Waals surface area contributed by atoms with E-state index in [1.54, 1.807) is 14.2 Å². The number of rotatable bonds is 7. The van der Waals surface area contributed by atoms with E-state index in [1.807, 2.05) is 26.0 Å². The zero-order valence-electron chi connectivity index (χ0n) is 12.1. The highest BCUT2D eigenvalue weighted by atomic mass is 16.5. The van der Waals surface area contributed by atoms with Crippen LogP contribution >= 0.6 is 0 Å². The standard InChI is InChI=1S/C15H22N2O2/c1-5-12(8-16)9-17-10-13-6-7-14(18-3)11(2)15(13)19-4/h6-7,12,17H,5,9-10H2,1-4H3. The first kappa shape index (κ1) is 15.3. The fraction of sp³-hybridized carbons (Fsp3) is 0.533. The van der Waals surface area contributed by atoms with Crippen molar-refractivity contribution in [1.82, 2.24) is 5.32 Å². The fourth-order valence-corrected chi connectivity index (χ4v) is 2.04. The molecule has 1 atom stereocenters. The first-order chi connectivity index (χ1) is 9.17. The maximum absolute atomic E-state index is 8.91. The van der Waals surface area contributed by atoms with Crippen LogP contribution in [0.15, 0.2) is 12.1 Å². The number of nitriles is 1. The van der Waals surface area contributed by atoms with Gasteiger partial charge in [-0.25, -0.2) is 0 Å². The van der Waals surface area contributed by atoms with Gasteiger partial charge in [-0.3, -0.25) is 0 Å². The molecule has 0 heterocycles. The van der Waals surface area contributed by atoms with Crippen molar-refractivity contribution in [2.75, 3.05) is 20.8 Å². The predicted molar refractivity (Wildman–Crippen MR) is 75.4 cm³/mol. The van der Waals surface area contributed by atoms with Crippen molar-refractivity contribution >= 4 is 0 Å². The average molecular weight is 262 g/mol. The van der Waals surface area contributed by atoms with E-state index in [0.29, 0.717) is 13.1 Å². The lowest BCUT2D eigenvalue weighted by Crippen LogP contribution is -2.21. The minimum atomic E-state index is 0.0605. The molecular formula is C15H22N2O2. The molecule has 4 heteroatoms. The topological polar surface area (TPSA) is 54.3 Å². The van der Waals surface area contributed by atoms with Crippen LogP contribution in [0.4, 0.5) is 0 Å². The number of methoxy groups -OCH3 is 2. The lowest BCUT2D eigenvalue weighted by Gasteiger charge is -2.15. The Morgan fingerprint density at radius 3 is 2.58 bits per heavy atom. The molecule has 104 valence electrons. The van der Waals surface area contributed by atoms with E-state index in [9.17, 15) is 0 Å². The normalized spacial score (nSPS) is 11.7. The van der Waals surface area contributed by atoms with Crippen molar-refractivity contribution in [2.24, 2.45) is 5.92 Å². The summed E-state index contributed by atoms with van der Waals surface area (Å²) in [4.78, 5) is 0. The first-order valence-electron chi connectivity index (χ1n) is 6.48. The predicted octanol–water partition coefficient (Wildman–Crippen LogP) is 2.65. The molecule has 0 aromatic heterocycles. The van der Waals surface area contributed by atoms with Crippen LogP contribution < -0.4 is 14.8 Å². The smallest absolute Gasteiger partial charge is 0.129 e. The number of hydrogen-bond acceptors (Lipinski definition) is 4. The van der Waals surface area contributed by atoms with E-state index < -0.39 is 0 Å². The number of nitrogens with zero attached hydrogens (tertiary/aromatic N) is 1. The highest BCUT2D eigenvalue weighted by Gasteiger charge is 2.11. The van der Waals surface area contributed by atoms with E-state index in [0.717, 1.165) is 29.0 Å². The zero-order chi connectivity index (χ0) is 14.3. The SMILES string of the molecule is CCC(C#N)CNCc1ccc(OC)c(C)c1OC. The number of hydrogen-bond donors (Lipinski definition) is 1. The molecular weight excluding hydrogens is 240 g/mol. The molecule has 0 bridgehead atoms. The third kappa shape index (κ3) is 3.87. The monoisotopic (exact) mass is 262 g/mol. The molecule has 0 spiro atoms. The van der Waals surface area contributed by atoms with Gasteiger partial charge in [-0.1, -0.05) is 13.0 Å². The van der Waals surface area contributed by atoms with Gasteiger partial charge in [0.15, 0.2) is 0 Å². The van der Waals surface area contributed by atoms with Crippen LogP contribution in [0.1, 0.15) is 24.5 Å². The maximum Gasteiger partial charge on any atom is 0.129 e. The lowest BCUT2D eigenvalue weighted by molar-refractivity contribution is 0.384. The Morgan fingerprint density at radius 2 is 2.05 bits per heavy atom. The van der Waals surface area contributed by atoms with Gasteiger partial charge in [-0.15, -0.1) is 0 Å². The second-order valence-corrected chi connectivity index (χ2v) is 4.45. The summed E-state index contributed by atoms with van der Waals surface area (Å²) in [6.45, 7) is 5.38. The molecule has 1 N–H and O–H groups in total. The third-order valence-corrected chi connectivity index (χ3v) is 3.24. The van der Waals surface area contributed by atoms with Gasteiger partial charge in [-0.05, 0) is 19.4 Å². The van der Waals surface area contributed by atoms with Crippen LogP contribution in [-0.4, -0.2) is 20.8 Å². The van der Waals surface area contributed by atoms with Crippen LogP contribution in [0.2, 0.25) is 0 Å². The lowest BCUT2D eigenvalue weighted by atomic mass is 10.1. The Balaban J connectivity index is 2.74. The van der Waals surface area contributed by atoms with Gasteiger partial charge in [0.25, 0.3) is 0 Å². The summed E-state index contributed by atoms with van der Waals surface area (Å²) in [5.41, 5.74) is 2.07. The number of benzene rings is 1. The van der Waals surface area contributed by atoms with E-state index in [2.05, 4.69) is 11.4 Å². The average Bonchev–Trinajstić information content (AvgIpc) is 2.44. The molecule has 0 aliphatic heterocycles. The zero-order valence-corrected chi connectivity index (χ0v) is 12.1. The van der Waals surface area contributed by atoms with Crippen LogP contribution in [-0.2, 0) is 6.54 Å². The summed E-state index contributed by atoms with van der Waals surface area (Å²) in [7, 11) is 3.31. The van der Waals surface area contributed by atoms with Gasteiger partial charge < -0.3 is 14.8 Å². The van der Waals surface area contributed by atoms with E-state index in [-0.39, 0.29) is 5.92 Å². The molecule has 1 aromatic carbocycles. The first-order valence-corrected chi connectivity index (χ1v) is 6.48. The molecule has 1 aromatic rings. The van der Waals surface area contributed by atoms with Crippen molar-refractivity contribution in [1.29, 1.82) is 5.26 Å². The fourth-order valence-electron chi connectivity index (χ4n) is 2.04. The summed E-state index contributed by atoms with van der Waals surface area (Å²) < 4.78 is 10.7. The molecule has 4 nitrogen and oxygen atoms in total. The Labute approximate surface area is 115 Å². The van der Waals surface area contributed by atoms with Gasteiger partial charge in [0, 0.05) is 24.2 Å². The number of nitrogens with one attached hydrogen (secondary N) is 1. The molecule has 0 fully saturated rings. The molecule has 0 aliphatic rings. The van der Waals surface area contributed by atoms with Gasteiger partial charge in [0.2, 0.25) is 0 Å². The van der Waals surface area contributed by atoms with Crippen LogP contribution in [0, 0.1) is 24.2 Å². The summed E-state index contributed by atoms with van der Waals surface area (Å²) in [6.07, 6.45) is 0.863. The Hall–Kier alpha value is -1.73. The second-order valence-electron chi connectivity index (χ2n) is 4.45.